The highest BCUT2D eigenvalue weighted by Gasteiger charge is 2.44. The number of para-hydroxylation sites is 1. The first-order chi connectivity index (χ1) is 9.34. The largest absolute Gasteiger partial charge is 0.598 e. The molecule has 0 radical (unpaired) electrons. The van der Waals surface area contributed by atoms with Crippen LogP contribution in [0.2, 0.25) is 0 Å². The quantitative estimate of drug-likeness (QED) is 0.679. The number of hydrogen-bond acceptors (Lipinski definition) is 5. The van der Waals surface area contributed by atoms with Crippen molar-refractivity contribution in [2.75, 3.05) is 7.11 Å². The second kappa shape index (κ2) is 5.63. The van der Waals surface area contributed by atoms with Crippen LogP contribution in [0.1, 0.15) is 32.4 Å². The van der Waals surface area contributed by atoms with Crippen LogP contribution in [0.5, 0.6) is 5.75 Å². The lowest BCUT2D eigenvalue weighted by Gasteiger charge is -2.27. The summed E-state index contributed by atoms with van der Waals surface area (Å²) < 4.78 is 25.2. The zero-order valence-electron chi connectivity index (χ0n) is 12.0. The summed E-state index contributed by atoms with van der Waals surface area (Å²) in [6, 6.07) is 6.86. The summed E-state index contributed by atoms with van der Waals surface area (Å²) in [4.78, 5) is 11.8. The van der Waals surface area contributed by atoms with E-state index in [-0.39, 0.29) is 0 Å². The number of hydrogen-bond donors (Lipinski definition) is 1. The number of esters is 1. The van der Waals surface area contributed by atoms with Gasteiger partial charge in [-0.15, -0.1) is 4.72 Å². The van der Waals surface area contributed by atoms with Gasteiger partial charge in [0.1, 0.15) is 16.5 Å². The predicted molar refractivity (Wildman–Crippen MR) is 76.6 cm³/mol. The summed E-state index contributed by atoms with van der Waals surface area (Å²) in [5.74, 6) is 0.135. The molecule has 2 rings (SSSR count). The minimum atomic E-state index is -1.31. The monoisotopic (exact) mass is 297 g/mol. The van der Waals surface area contributed by atoms with Crippen molar-refractivity contribution < 1.29 is 18.8 Å². The number of ether oxygens (including phenoxy) is 2. The Morgan fingerprint density at radius 1 is 1.40 bits per heavy atom. The van der Waals surface area contributed by atoms with Crippen LogP contribution in [0, 0.1) is 0 Å². The van der Waals surface area contributed by atoms with Crippen LogP contribution < -0.4 is 9.46 Å². The molecule has 110 valence electrons. The van der Waals surface area contributed by atoms with E-state index >= 15 is 0 Å². The van der Waals surface area contributed by atoms with Gasteiger partial charge in [-0.05, 0) is 26.8 Å². The Balaban J connectivity index is 2.27. The first kappa shape index (κ1) is 15.2. The Labute approximate surface area is 122 Å². The van der Waals surface area contributed by atoms with E-state index in [1.54, 1.807) is 6.07 Å². The first-order valence-corrected chi connectivity index (χ1v) is 7.51. The SMILES string of the molecule is COC(=O)[C@H]1Oc2ccccc2[C@H]1N[S@+]([O-])C(C)(C)C. The highest BCUT2D eigenvalue weighted by molar-refractivity contribution is 7.90. The molecule has 6 heteroatoms. The number of fused-ring (bicyclic) bond motifs is 1. The van der Waals surface area contributed by atoms with Crippen molar-refractivity contribution >= 4 is 17.3 Å². The lowest BCUT2D eigenvalue weighted by molar-refractivity contribution is -0.149. The molecule has 0 bridgehead atoms. The van der Waals surface area contributed by atoms with Crippen molar-refractivity contribution in [2.45, 2.75) is 37.7 Å². The molecule has 5 nitrogen and oxygen atoms in total. The van der Waals surface area contributed by atoms with Gasteiger partial charge in [-0.1, -0.05) is 18.2 Å². The third-order valence-electron chi connectivity index (χ3n) is 3.03. The Hall–Kier alpha value is -1.24. The lowest BCUT2D eigenvalue weighted by Crippen LogP contribution is -2.46. The van der Waals surface area contributed by atoms with Crippen molar-refractivity contribution in [2.24, 2.45) is 0 Å². The molecule has 0 aliphatic carbocycles. The van der Waals surface area contributed by atoms with Crippen LogP contribution in [-0.4, -0.2) is 28.5 Å². The molecule has 1 aromatic carbocycles. The van der Waals surface area contributed by atoms with Crippen LogP contribution in [0.4, 0.5) is 0 Å². The molecule has 1 N–H and O–H groups in total. The normalized spacial score (nSPS) is 22.9. The van der Waals surface area contributed by atoms with E-state index in [4.69, 9.17) is 9.47 Å². The maximum atomic E-state index is 12.3. The van der Waals surface area contributed by atoms with Crippen LogP contribution in [0.15, 0.2) is 24.3 Å². The lowest BCUT2D eigenvalue weighted by atomic mass is 10.1. The maximum absolute atomic E-state index is 12.3. The van der Waals surface area contributed by atoms with Crippen LogP contribution >= 0.6 is 0 Å². The molecule has 1 aliphatic rings. The average molecular weight is 297 g/mol. The molecule has 20 heavy (non-hydrogen) atoms. The van der Waals surface area contributed by atoms with Crippen molar-refractivity contribution in [3.63, 3.8) is 0 Å². The molecule has 0 unspecified atom stereocenters. The predicted octanol–water partition coefficient (Wildman–Crippen LogP) is 1.71. The van der Waals surface area contributed by atoms with E-state index in [1.165, 1.54) is 7.11 Å². The smallest absolute Gasteiger partial charge is 0.349 e. The summed E-state index contributed by atoms with van der Waals surface area (Å²) in [6.45, 7) is 5.60. The molecule has 1 aliphatic heterocycles. The van der Waals surface area contributed by atoms with Crippen molar-refractivity contribution in [3.8, 4) is 5.75 Å². The van der Waals surface area contributed by atoms with Crippen molar-refractivity contribution in [1.82, 2.24) is 4.72 Å². The van der Waals surface area contributed by atoms with Gasteiger partial charge in [-0.2, -0.15) is 0 Å². The average Bonchev–Trinajstić information content (AvgIpc) is 2.76. The van der Waals surface area contributed by atoms with Crippen LogP contribution in [0.3, 0.4) is 0 Å². The van der Waals surface area contributed by atoms with Crippen molar-refractivity contribution in [1.29, 1.82) is 0 Å². The Bertz CT molecular complexity index is 500. The molecule has 0 fully saturated rings. The first-order valence-electron chi connectivity index (χ1n) is 6.36. The summed E-state index contributed by atoms with van der Waals surface area (Å²) >= 11 is -1.31. The molecule has 0 saturated carbocycles. The number of carbonyl (C=O) groups is 1. The second-order valence-corrected chi connectivity index (χ2v) is 7.57. The molecular formula is C14H19NO4S. The molecule has 3 atom stereocenters. The second-order valence-electron chi connectivity index (χ2n) is 5.58. The topological polar surface area (TPSA) is 70.6 Å². The summed E-state index contributed by atoms with van der Waals surface area (Å²) in [5, 5.41) is 0. The van der Waals surface area contributed by atoms with E-state index < -0.39 is 34.2 Å². The third kappa shape index (κ3) is 2.92. The van der Waals surface area contributed by atoms with Gasteiger partial charge in [-0.25, -0.2) is 4.79 Å². The minimum absolute atomic E-state index is 0.432. The molecule has 0 spiro atoms. The summed E-state index contributed by atoms with van der Waals surface area (Å²) in [6.07, 6.45) is -0.816. The maximum Gasteiger partial charge on any atom is 0.349 e. The fourth-order valence-electron chi connectivity index (χ4n) is 1.93. The van der Waals surface area contributed by atoms with E-state index in [2.05, 4.69) is 4.72 Å². The Morgan fingerprint density at radius 2 is 2.05 bits per heavy atom. The molecular weight excluding hydrogens is 278 g/mol. The van der Waals surface area contributed by atoms with E-state index in [0.29, 0.717) is 5.75 Å². The van der Waals surface area contributed by atoms with Crippen LogP contribution in [-0.2, 0) is 20.9 Å². The highest BCUT2D eigenvalue weighted by atomic mass is 32.2. The number of rotatable bonds is 3. The zero-order valence-corrected chi connectivity index (χ0v) is 12.8. The third-order valence-corrected chi connectivity index (χ3v) is 4.61. The van der Waals surface area contributed by atoms with Gasteiger partial charge in [0, 0.05) is 16.9 Å². The standard InChI is InChI=1S/C14H19NO4S/c1-14(2,3)20(17)15-11-9-7-5-6-8-10(9)19-12(11)13(16)18-4/h5-8,11-12,15H,1-4H3/t11-,12+,20-/m1/s1. The number of benzene rings is 1. The van der Waals surface area contributed by atoms with Gasteiger partial charge in [-0.3, -0.25) is 0 Å². The molecule has 0 saturated heterocycles. The molecule has 0 aromatic heterocycles. The molecule has 1 aromatic rings. The van der Waals surface area contributed by atoms with Gasteiger partial charge in [0.05, 0.1) is 7.11 Å². The Kier molecular flexibility index (Phi) is 4.27. The van der Waals surface area contributed by atoms with Gasteiger partial charge in [0.2, 0.25) is 6.10 Å². The van der Waals surface area contributed by atoms with Gasteiger partial charge in [0.15, 0.2) is 0 Å². The van der Waals surface area contributed by atoms with E-state index in [9.17, 15) is 9.35 Å². The van der Waals surface area contributed by atoms with E-state index in [0.717, 1.165) is 5.56 Å². The zero-order chi connectivity index (χ0) is 14.9. The van der Waals surface area contributed by atoms with Gasteiger partial charge >= 0.3 is 5.97 Å². The summed E-state index contributed by atoms with van der Waals surface area (Å²) in [7, 11) is 1.31. The Morgan fingerprint density at radius 3 is 2.65 bits per heavy atom. The fraction of sp³-hybridized carbons (Fsp3) is 0.500. The minimum Gasteiger partial charge on any atom is -0.598 e. The van der Waals surface area contributed by atoms with Crippen LogP contribution in [0.25, 0.3) is 0 Å². The molecule has 0 amide bonds. The summed E-state index contributed by atoms with van der Waals surface area (Å²) in [5.41, 5.74) is 0.820. The fourth-order valence-corrected chi connectivity index (χ4v) is 2.77. The number of nitrogens with one attached hydrogen (secondary N) is 1. The van der Waals surface area contributed by atoms with Gasteiger partial charge in [0.25, 0.3) is 0 Å². The number of carbonyl (C=O) groups excluding carboxylic acids is 1. The molecule has 1 heterocycles. The van der Waals surface area contributed by atoms with E-state index in [1.807, 2.05) is 39.0 Å². The highest BCUT2D eigenvalue weighted by Crippen LogP contribution is 2.38. The van der Waals surface area contributed by atoms with Crippen molar-refractivity contribution in [3.05, 3.63) is 29.8 Å². The number of methoxy groups -OCH3 is 1. The van der Waals surface area contributed by atoms with Gasteiger partial charge < -0.3 is 14.0 Å².